The van der Waals surface area contributed by atoms with Crippen LogP contribution >= 0.6 is 0 Å². The number of piperazine rings is 1. The number of hydrogen-bond acceptors (Lipinski definition) is 5. The van der Waals surface area contributed by atoms with E-state index in [1.807, 2.05) is 30.3 Å². The number of nitrogens with one attached hydrogen (secondary N) is 1. The van der Waals surface area contributed by atoms with E-state index in [0.717, 1.165) is 12.0 Å². The van der Waals surface area contributed by atoms with Gasteiger partial charge >= 0.3 is 0 Å². The molecule has 3 rings (SSSR count). The van der Waals surface area contributed by atoms with Crippen LogP contribution in [0.5, 0.6) is 0 Å². The molecule has 130 valence electrons. The molecule has 0 saturated carbocycles. The number of rotatable bonds is 5. The molecule has 1 aromatic carbocycles. The van der Waals surface area contributed by atoms with Gasteiger partial charge in [-0.25, -0.2) is 9.97 Å². The second-order valence-electron chi connectivity index (χ2n) is 5.96. The van der Waals surface area contributed by atoms with Crippen LogP contribution in [0.15, 0.2) is 36.4 Å². The summed E-state index contributed by atoms with van der Waals surface area (Å²) in [6.07, 6.45) is 0.822. The van der Waals surface area contributed by atoms with Crippen molar-refractivity contribution < 1.29 is 9.59 Å². The maximum absolute atomic E-state index is 12.7. The van der Waals surface area contributed by atoms with Gasteiger partial charge in [0.25, 0.3) is 5.91 Å². The molecule has 0 bridgehead atoms. The van der Waals surface area contributed by atoms with Gasteiger partial charge in [0.15, 0.2) is 0 Å². The summed E-state index contributed by atoms with van der Waals surface area (Å²) in [6, 6.07) is 11.7. The Kier molecular flexibility index (Phi) is 5.23. The Morgan fingerprint density at radius 2 is 1.88 bits per heavy atom. The van der Waals surface area contributed by atoms with Gasteiger partial charge in [-0.05, 0) is 12.5 Å². The highest BCUT2D eigenvalue weighted by Crippen LogP contribution is 2.12. The SMILES string of the molecule is Cc1nc(NCc2ccccc2)cc(C(=O)N2CCN(C=O)CC2)n1. The highest BCUT2D eigenvalue weighted by Gasteiger charge is 2.23. The molecule has 1 N–H and O–H groups in total. The zero-order valence-electron chi connectivity index (χ0n) is 14.2. The van der Waals surface area contributed by atoms with Gasteiger partial charge in [-0.2, -0.15) is 0 Å². The second kappa shape index (κ2) is 7.74. The molecule has 1 aliphatic rings. The van der Waals surface area contributed by atoms with Gasteiger partial charge in [0.05, 0.1) is 0 Å². The van der Waals surface area contributed by atoms with Crippen molar-refractivity contribution in [2.75, 3.05) is 31.5 Å². The molecule has 2 aromatic rings. The van der Waals surface area contributed by atoms with Crippen LogP contribution in [0.25, 0.3) is 0 Å². The lowest BCUT2D eigenvalue weighted by atomic mass is 10.2. The standard InChI is InChI=1S/C18H21N5O2/c1-14-20-16(18(25)23-9-7-22(13-24)8-10-23)11-17(21-14)19-12-15-5-3-2-4-6-15/h2-6,11,13H,7-10,12H2,1H3,(H,19,20,21). The molecular weight excluding hydrogens is 318 g/mol. The van der Waals surface area contributed by atoms with E-state index in [4.69, 9.17) is 0 Å². The fourth-order valence-corrected chi connectivity index (χ4v) is 2.75. The molecule has 1 saturated heterocycles. The van der Waals surface area contributed by atoms with Gasteiger partial charge < -0.3 is 15.1 Å². The van der Waals surface area contributed by atoms with Crippen molar-refractivity contribution in [2.24, 2.45) is 0 Å². The number of hydrogen-bond donors (Lipinski definition) is 1. The number of amides is 2. The molecule has 2 amide bonds. The van der Waals surface area contributed by atoms with Crippen molar-refractivity contribution in [2.45, 2.75) is 13.5 Å². The summed E-state index contributed by atoms with van der Waals surface area (Å²) in [7, 11) is 0. The van der Waals surface area contributed by atoms with Gasteiger partial charge in [0, 0.05) is 38.8 Å². The topological polar surface area (TPSA) is 78.4 Å². The summed E-state index contributed by atoms with van der Waals surface area (Å²) in [4.78, 5) is 35.5. The van der Waals surface area contributed by atoms with E-state index in [1.54, 1.807) is 22.8 Å². The number of aromatic nitrogens is 2. The maximum Gasteiger partial charge on any atom is 0.272 e. The lowest BCUT2D eigenvalue weighted by molar-refractivity contribution is -0.119. The van der Waals surface area contributed by atoms with E-state index in [0.29, 0.717) is 50.1 Å². The number of benzene rings is 1. The average molecular weight is 339 g/mol. The first-order valence-corrected chi connectivity index (χ1v) is 8.28. The minimum Gasteiger partial charge on any atom is -0.366 e. The van der Waals surface area contributed by atoms with Crippen molar-refractivity contribution in [1.29, 1.82) is 0 Å². The minimum atomic E-state index is -0.126. The van der Waals surface area contributed by atoms with Crippen LogP contribution in [0.2, 0.25) is 0 Å². The Balaban J connectivity index is 1.68. The van der Waals surface area contributed by atoms with E-state index < -0.39 is 0 Å². The molecule has 0 aliphatic carbocycles. The first-order chi connectivity index (χ1) is 12.2. The van der Waals surface area contributed by atoms with Crippen LogP contribution in [0.3, 0.4) is 0 Å². The van der Waals surface area contributed by atoms with Crippen molar-refractivity contribution in [3.8, 4) is 0 Å². The largest absolute Gasteiger partial charge is 0.366 e. The highest BCUT2D eigenvalue weighted by molar-refractivity contribution is 5.93. The molecule has 25 heavy (non-hydrogen) atoms. The summed E-state index contributed by atoms with van der Waals surface area (Å²) < 4.78 is 0. The second-order valence-corrected chi connectivity index (χ2v) is 5.96. The molecule has 1 fully saturated rings. The third kappa shape index (κ3) is 4.32. The number of carbonyl (C=O) groups is 2. The quantitative estimate of drug-likeness (QED) is 0.831. The smallest absolute Gasteiger partial charge is 0.272 e. The van der Waals surface area contributed by atoms with Gasteiger partial charge in [-0.1, -0.05) is 30.3 Å². The normalized spacial score (nSPS) is 14.3. The van der Waals surface area contributed by atoms with Crippen molar-refractivity contribution in [3.05, 3.63) is 53.5 Å². The Bertz CT molecular complexity index is 742. The van der Waals surface area contributed by atoms with Crippen LogP contribution in [-0.2, 0) is 11.3 Å². The molecule has 0 atom stereocenters. The molecule has 7 heteroatoms. The van der Waals surface area contributed by atoms with E-state index >= 15 is 0 Å². The van der Waals surface area contributed by atoms with E-state index in [9.17, 15) is 9.59 Å². The molecule has 0 radical (unpaired) electrons. The van der Waals surface area contributed by atoms with Gasteiger partial charge in [-0.3, -0.25) is 9.59 Å². The number of carbonyl (C=O) groups excluding carboxylic acids is 2. The molecule has 1 aliphatic heterocycles. The first kappa shape index (κ1) is 16.9. The Hall–Kier alpha value is -2.96. The van der Waals surface area contributed by atoms with Crippen LogP contribution in [0, 0.1) is 6.92 Å². The number of aryl methyl sites for hydroxylation is 1. The van der Waals surface area contributed by atoms with E-state index in [1.165, 1.54) is 0 Å². The number of anilines is 1. The molecule has 0 unspecified atom stereocenters. The molecule has 2 heterocycles. The average Bonchev–Trinajstić information content (AvgIpc) is 2.66. The van der Waals surface area contributed by atoms with Crippen molar-refractivity contribution >= 4 is 18.1 Å². The lowest BCUT2D eigenvalue weighted by Crippen LogP contribution is -2.48. The molecule has 0 spiro atoms. The fourth-order valence-electron chi connectivity index (χ4n) is 2.75. The van der Waals surface area contributed by atoms with Crippen LogP contribution in [-0.4, -0.2) is 58.3 Å². The lowest BCUT2D eigenvalue weighted by Gasteiger charge is -2.32. The first-order valence-electron chi connectivity index (χ1n) is 8.28. The van der Waals surface area contributed by atoms with Gasteiger partial charge in [0.1, 0.15) is 17.3 Å². The summed E-state index contributed by atoms with van der Waals surface area (Å²) in [5.41, 5.74) is 1.51. The maximum atomic E-state index is 12.7. The number of nitrogens with zero attached hydrogens (tertiary/aromatic N) is 4. The fraction of sp³-hybridized carbons (Fsp3) is 0.333. The van der Waals surface area contributed by atoms with Gasteiger partial charge in [0.2, 0.25) is 6.41 Å². The minimum absolute atomic E-state index is 0.126. The van der Waals surface area contributed by atoms with Crippen LogP contribution in [0.1, 0.15) is 21.9 Å². The summed E-state index contributed by atoms with van der Waals surface area (Å²) >= 11 is 0. The Morgan fingerprint density at radius 3 is 2.56 bits per heavy atom. The zero-order valence-corrected chi connectivity index (χ0v) is 14.2. The predicted molar refractivity (Wildman–Crippen MR) is 94.1 cm³/mol. The monoisotopic (exact) mass is 339 g/mol. The summed E-state index contributed by atoms with van der Waals surface area (Å²) in [5.74, 6) is 1.05. The summed E-state index contributed by atoms with van der Waals surface area (Å²) in [6.45, 7) is 4.55. The predicted octanol–water partition coefficient (Wildman–Crippen LogP) is 1.31. The molecule has 1 aromatic heterocycles. The zero-order chi connectivity index (χ0) is 17.6. The van der Waals surface area contributed by atoms with Gasteiger partial charge in [-0.15, -0.1) is 0 Å². The molecular formula is C18H21N5O2. The van der Waals surface area contributed by atoms with E-state index in [2.05, 4.69) is 15.3 Å². The summed E-state index contributed by atoms with van der Waals surface area (Å²) in [5, 5.41) is 3.24. The third-order valence-electron chi connectivity index (χ3n) is 4.12. The van der Waals surface area contributed by atoms with Crippen molar-refractivity contribution in [3.63, 3.8) is 0 Å². The van der Waals surface area contributed by atoms with Crippen LogP contribution in [0.4, 0.5) is 5.82 Å². The van der Waals surface area contributed by atoms with E-state index in [-0.39, 0.29) is 5.91 Å². The highest BCUT2D eigenvalue weighted by atomic mass is 16.2. The Labute approximate surface area is 146 Å². The molecule has 7 nitrogen and oxygen atoms in total. The van der Waals surface area contributed by atoms with Crippen LogP contribution < -0.4 is 5.32 Å². The van der Waals surface area contributed by atoms with Crippen molar-refractivity contribution in [1.82, 2.24) is 19.8 Å². The Morgan fingerprint density at radius 1 is 1.16 bits per heavy atom. The third-order valence-corrected chi connectivity index (χ3v) is 4.12.